The van der Waals surface area contributed by atoms with Crippen LogP contribution in [0.5, 0.6) is 5.75 Å². The molecule has 0 aromatic heterocycles. The summed E-state index contributed by atoms with van der Waals surface area (Å²) in [5.74, 6) is 2.47. The molecule has 1 saturated carbocycles. The van der Waals surface area contributed by atoms with Gasteiger partial charge in [0.1, 0.15) is 5.75 Å². The van der Waals surface area contributed by atoms with Crippen molar-refractivity contribution in [2.24, 2.45) is 11.8 Å². The maximum Gasteiger partial charge on any atom is 0.120 e. The van der Waals surface area contributed by atoms with E-state index in [1.807, 2.05) is 0 Å². The van der Waals surface area contributed by atoms with E-state index in [0.29, 0.717) is 6.04 Å². The number of benzene rings is 1. The predicted molar refractivity (Wildman–Crippen MR) is 86.5 cm³/mol. The van der Waals surface area contributed by atoms with Crippen LogP contribution in [0.15, 0.2) is 18.2 Å². The minimum absolute atomic E-state index is 0.228. The third-order valence-corrected chi connectivity index (χ3v) is 4.44. The second-order valence-corrected chi connectivity index (χ2v) is 6.70. The van der Waals surface area contributed by atoms with Crippen molar-refractivity contribution in [1.82, 2.24) is 0 Å². The van der Waals surface area contributed by atoms with E-state index in [1.165, 1.54) is 30.5 Å². The smallest absolute Gasteiger partial charge is 0.120 e. The summed E-state index contributed by atoms with van der Waals surface area (Å²) in [6.45, 7) is 11.0. The first-order valence-electron chi connectivity index (χ1n) is 8.01. The zero-order valence-corrected chi connectivity index (χ0v) is 13.6. The highest BCUT2D eigenvalue weighted by molar-refractivity contribution is 5.54. The van der Waals surface area contributed by atoms with Crippen molar-refractivity contribution in [3.8, 4) is 5.75 Å². The molecular formula is C18H29NO. The van der Waals surface area contributed by atoms with Crippen LogP contribution in [-0.2, 0) is 0 Å². The molecule has 2 atom stereocenters. The molecule has 2 nitrogen and oxygen atoms in total. The topological polar surface area (TPSA) is 21.3 Å². The maximum absolute atomic E-state index is 5.75. The second-order valence-electron chi connectivity index (χ2n) is 6.70. The van der Waals surface area contributed by atoms with Gasteiger partial charge in [-0.2, -0.15) is 0 Å². The van der Waals surface area contributed by atoms with Crippen LogP contribution in [0.2, 0.25) is 0 Å². The lowest BCUT2D eigenvalue weighted by Crippen LogP contribution is -2.37. The van der Waals surface area contributed by atoms with Gasteiger partial charge < -0.3 is 10.1 Å². The van der Waals surface area contributed by atoms with E-state index in [2.05, 4.69) is 58.1 Å². The molecule has 0 aliphatic heterocycles. The van der Waals surface area contributed by atoms with Gasteiger partial charge in [-0.05, 0) is 69.2 Å². The number of hydrogen-bond acceptors (Lipinski definition) is 2. The first-order valence-corrected chi connectivity index (χ1v) is 8.01. The minimum Gasteiger partial charge on any atom is -0.491 e. The zero-order chi connectivity index (χ0) is 14.7. The van der Waals surface area contributed by atoms with Crippen molar-refractivity contribution in [1.29, 1.82) is 0 Å². The fraction of sp³-hybridized carbons (Fsp3) is 0.667. The average molecular weight is 275 g/mol. The van der Waals surface area contributed by atoms with Crippen molar-refractivity contribution < 1.29 is 4.74 Å². The molecular weight excluding hydrogens is 246 g/mol. The molecule has 1 aromatic carbocycles. The van der Waals surface area contributed by atoms with Crippen LogP contribution in [0.3, 0.4) is 0 Å². The van der Waals surface area contributed by atoms with Gasteiger partial charge in [-0.15, -0.1) is 0 Å². The molecule has 0 radical (unpaired) electrons. The predicted octanol–water partition coefficient (Wildman–Crippen LogP) is 5.02. The molecule has 0 spiro atoms. The van der Waals surface area contributed by atoms with Crippen LogP contribution in [0.1, 0.15) is 52.5 Å². The lowest BCUT2D eigenvalue weighted by Gasteiger charge is -2.36. The summed E-state index contributed by atoms with van der Waals surface area (Å²) in [5, 5.41) is 3.77. The average Bonchev–Trinajstić information content (AvgIpc) is 2.35. The number of aryl methyl sites for hydroxylation is 1. The molecule has 0 amide bonds. The Balaban J connectivity index is 2.09. The molecule has 0 bridgehead atoms. The van der Waals surface area contributed by atoms with Crippen molar-refractivity contribution in [3.63, 3.8) is 0 Å². The number of anilines is 1. The maximum atomic E-state index is 5.75. The summed E-state index contributed by atoms with van der Waals surface area (Å²) in [6.07, 6.45) is 4.29. The highest BCUT2D eigenvalue weighted by atomic mass is 16.5. The highest BCUT2D eigenvalue weighted by Gasteiger charge is 2.27. The Morgan fingerprint density at radius 3 is 2.35 bits per heavy atom. The van der Waals surface area contributed by atoms with E-state index in [1.54, 1.807) is 0 Å². The summed E-state index contributed by atoms with van der Waals surface area (Å²) in [6, 6.07) is 6.98. The molecule has 1 aliphatic carbocycles. The van der Waals surface area contributed by atoms with Crippen LogP contribution in [-0.4, -0.2) is 12.1 Å². The van der Waals surface area contributed by atoms with Gasteiger partial charge in [-0.25, -0.2) is 0 Å². The molecule has 2 unspecified atom stereocenters. The quantitative estimate of drug-likeness (QED) is 0.833. The monoisotopic (exact) mass is 275 g/mol. The van der Waals surface area contributed by atoms with Gasteiger partial charge in [-0.1, -0.05) is 20.3 Å². The minimum atomic E-state index is 0.228. The first-order chi connectivity index (χ1) is 9.47. The number of hydrogen-bond donors (Lipinski definition) is 1. The molecule has 0 heterocycles. The number of rotatable bonds is 4. The second kappa shape index (κ2) is 6.51. The Morgan fingerprint density at radius 1 is 1.15 bits per heavy atom. The van der Waals surface area contributed by atoms with Gasteiger partial charge in [0.15, 0.2) is 0 Å². The molecule has 0 saturated heterocycles. The molecule has 2 heteroatoms. The number of ether oxygens (including phenoxy) is 1. The number of nitrogens with one attached hydrogen (secondary N) is 1. The van der Waals surface area contributed by atoms with E-state index >= 15 is 0 Å². The van der Waals surface area contributed by atoms with Gasteiger partial charge in [0.05, 0.1) is 6.10 Å². The third-order valence-electron chi connectivity index (χ3n) is 4.44. The van der Waals surface area contributed by atoms with Crippen LogP contribution in [0, 0.1) is 18.8 Å². The normalized spacial score (nSPS) is 26.6. The van der Waals surface area contributed by atoms with Gasteiger partial charge in [0, 0.05) is 11.7 Å². The molecule has 1 N–H and O–H groups in total. The van der Waals surface area contributed by atoms with Gasteiger partial charge in [0.25, 0.3) is 0 Å². The fourth-order valence-electron chi connectivity index (χ4n) is 3.29. The summed E-state index contributed by atoms with van der Waals surface area (Å²) < 4.78 is 5.75. The van der Waals surface area contributed by atoms with Crippen molar-refractivity contribution in [2.45, 2.75) is 66.0 Å². The molecule has 112 valence electrons. The molecule has 20 heavy (non-hydrogen) atoms. The van der Waals surface area contributed by atoms with Gasteiger partial charge >= 0.3 is 0 Å². The fourth-order valence-corrected chi connectivity index (χ4v) is 3.29. The Bertz CT molecular complexity index is 431. The van der Waals surface area contributed by atoms with E-state index in [9.17, 15) is 0 Å². The van der Waals surface area contributed by atoms with Gasteiger partial charge in [-0.3, -0.25) is 0 Å². The highest BCUT2D eigenvalue weighted by Crippen LogP contribution is 2.32. The molecule has 1 fully saturated rings. The third kappa shape index (κ3) is 3.68. The van der Waals surface area contributed by atoms with Crippen molar-refractivity contribution in [2.75, 3.05) is 5.32 Å². The summed E-state index contributed by atoms with van der Waals surface area (Å²) >= 11 is 0. The first kappa shape index (κ1) is 15.2. The largest absolute Gasteiger partial charge is 0.491 e. The molecule has 1 aliphatic rings. The van der Waals surface area contributed by atoms with Crippen LogP contribution in [0.4, 0.5) is 5.69 Å². The Kier molecular flexibility index (Phi) is 4.95. The van der Waals surface area contributed by atoms with E-state index in [-0.39, 0.29) is 6.10 Å². The summed E-state index contributed by atoms with van der Waals surface area (Å²) in [7, 11) is 0. The molecule has 1 aromatic rings. The standard InChI is InChI=1S/C18H29NO/c1-12(2)20-16-9-10-17(15(5)11-16)19-18-13(3)7-6-8-14(18)4/h9-14,18-19H,6-8H2,1-5H3. The Hall–Kier alpha value is -1.18. The summed E-state index contributed by atoms with van der Waals surface area (Å²) in [4.78, 5) is 0. The Morgan fingerprint density at radius 2 is 1.80 bits per heavy atom. The SMILES string of the molecule is Cc1cc(OC(C)C)ccc1NC1C(C)CCCC1C. The van der Waals surface area contributed by atoms with E-state index in [4.69, 9.17) is 4.74 Å². The van der Waals surface area contributed by atoms with Gasteiger partial charge in [0.2, 0.25) is 0 Å². The zero-order valence-electron chi connectivity index (χ0n) is 13.6. The van der Waals surface area contributed by atoms with Crippen molar-refractivity contribution >= 4 is 5.69 Å². The van der Waals surface area contributed by atoms with E-state index < -0.39 is 0 Å². The van der Waals surface area contributed by atoms with E-state index in [0.717, 1.165) is 17.6 Å². The van der Waals surface area contributed by atoms with Crippen molar-refractivity contribution in [3.05, 3.63) is 23.8 Å². The van der Waals surface area contributed by atoms with Crippen LogP contribution >= 0.6 is 0 Å². The summed E-state index contributed by atoms with van der Waals surface area (Å²) in [5.41, 5.74) is 2.53. The molecule has 2 rings (SSSR count). The van der Waals surface area contributed by atoms with Crippen LogP contribution < -0.4 is 10.1 Å². The lowest BCUT2D eigenvalue weighted by molar-refractivity contribution is 0.242. The van der Waals surface area contributed by atoms with Crippen LogP contribution in [0.25, 0.3) is 0 Å². The lowest BCUT2D eigenvalue weighted by atomic mass is 9.78. The Labute approximate surface area is 123 Å².